The zero-order valence-electron chi connectivity index (χ0n) is 19.3. The predicted octanol–water partition coefficient (Wildman–Crippen LogP) is 5.21. The lowest BCUT2D eigenvalue weighted by Gasteiger charge is -2.15. The van der Waals surface area contributed by atoms with Crippen molar-refractivity contribution in [1.29, 1.82) is 0 Å². The van der Waals surface area contributed by atoms with Crippen LogP contribution in [-0.2, 0) is 0 Å². The Morgan fingerprint density at radius 3 is 1.88 bits per heavy atom. The van der Waals surface area contributed by atoms with E-state index in [9.17, 15) is 0 Å². The fourth-order valence-corrected chi connectivity index (χ4v) is 3.73. The molecule has 0 aliphatic rings. The number of hydrogen-bond donors (Lipinski definition) is 0. The smallest absolute Gasteiger partial charge is 0.231 e. The van der Waals surface area contributed by atoms with Gasteiger partial charge in [-0.1, -0.05) is 6.07 Å². The maximum Gasteiger partial charge on any atom is 0.231 e. The third kappa shape index (κ3) is 3.84. The van der Waals surface area contributed by atoms with Crippen molar-refractivity contribution in [2.75, 3.05) is 42.7 Å². The van der Waals surface area contributed by atoms with Crippen molar-refractivity contribution in [1.82, 2.24) is 4.98 Å². The van der Waals surface area contributed by atoms with E-state index in [0.717, 1.165) is 11.1 Å². The lowest BCUT2D eigenvalue weighted by molar-refractivity contribution is 0.325. The van der Waals surface area contributed by atoms with Gasteiger partial charge in [-0.2, -0.15) is 0 Å². The Morgan fingerprint density at radius 2 is 1.24 bits per heavy atom. The van der Waals surface area contributed by atoms with Gasteiger partial charge in [0.05, 0.1) is 48.2 Å². The summed E-state index contributed by atoms with van der Waals surface area (Å²) in [7, 11) is 9.47. The highest BCUT2D eigenvalue weighted by atomic mass is 16.5. The van der Waals surface area contributed by atoms with Crippen molar-refractivity contribution in [3.8, 4) is 57.1 Å². The van der Waals surface area contributed by atoms with Crippen molar-refractivity contribution in [2.24, 2.45) is 0 Å². The largest absolute Gasteiger partial charge is 0.496 e. The number of nitrogens with zero attached hydrogens (tertiary/aromatic N) is 1. The number of aromatic nitrogens is 1. The van der Waals surface area contributed by atoms with E-state index in [2.05, 4.69) is 4.98 Å². The molecule has 0 radical (unpaired) electrons. The molecule has 0 N–H and O–H groups in total. The van der Waals surface area contributed by atoms with E-state index in [1.807, 2.05) is 30.3 Å². The zero-order chi connectivity index (χ0) is 23.5. The van der Waals surface area contributed by atoms with Gasteiger partial charge in [-0.05, 0) is 29.8 Å². The molecule has 0 fully saturated rings. The Labute approximate surface area is 191 Å². The molecular weight excluding hydrogens is 426 g/mol. The maximum absolute atomic E-state index is 6.12. The number of hydrogen-bond acceptors (Lipinski definition) is 8. The second kappa shape index (κ2) is 9.20. The van der Waals surface area contributed by atoms with Gasteiger partial charge in [0, 0.05) is 17.7 Å². The summed E-state index contributed by atoms with van der Waals surface area (Å²) in [5, 5.41) is 0. The molecule has 0 aliphatic heterocycles. The highest BCUT2D eigenvalue weighted by Gasteiger charge is 2.20. The summed E-state index contributed by atoms with van der Waals surface area (Å²) < 4.78 is 39.0. The van der Waals surface area contributed by atoms with E-state index < -0.39 is 0 Å². The molecule has 33 heavy (non-hydrogen) atoms. The lowest BCUT2D eigenvalue weighted by Crippen LogP contribution is -1.96. The van der Waals surface area contributed by atoms with Gasteiger partial charge >= 0.3 is 0 Å². The van der Waals surface area contributed by atoms with Gasteiger partial charge in [-0.25, -0.2) is 4.98 Å². The van der Waals surface area contributed by atoms with Crippen LogP contribution in [0.3, 0.4) is 0 Å². The Morgan fingerprint density at radius 1 is 0.576 bits per heavy atom. The second-order valence-corrected chi connectivity index (χ2v) is 6.99. The summed E-state index contributed by atoms with van der Waals surface area (Å²) in [6, 6.07) is 13.0. The highest BCUT2D eigenvalue weighted by molar-refractivity contribution is 5.86. The molecule has 0 spiro atoms. The Kier molecular flexibility index (Phi) is 6.17. The molecule has 0 unspecified atom stereocenters. The van der Waals surface area contributed by atoms with Crippen molar-refractivity contribution in [3.63, 3.8) is 0 Å². The molecule has 0 atom stereocenters. The molecular formula is C25H25NO7. The molecule has 0 bridgehead atoms. The van der Waals surface area contributed by atoms with E-state index in [1.54, 1.807) is 54.8 Å². The first-order chi connectivity index (χ1) is 16.1. The van der Waals surface area contributed by atoms with Crippen molar-refractivity contribution < 1.29 is 32.8 Å². The minimum atomic E-state index is 0.402. The zero-order valence-corrected chi connectivity index (χ0v) is 19.3. The van der Waals surface area contributed by atoms with E-state index >= 15 is 0 Å². The van der Waals surface area contributed by atoms with Crippen LogP contribution in [0.2, 0.25) is 0 Å². The number of benzene rings is 3. The summed E-state index contributed by atoms with van der Waals surface area (Å²) in [6.45, 7) is 0. The predicted molar refractivity (Wildman–Crippen MR) is 124 cm³/mol. The van der Waals surface area contributed by atoms with E-state index in [0.29, 0.717) is 57.1 Å². The van der Waals surface area contributed by atoms with Crippen LogP contribution < -0.4 is 28.4 Å². The van der Waals surface area contributed by atoms with Crippen molar-refractivity contribution in [2.45, 2.75) is 0 Å². The molecule has 4 aromatic rings. The van der Waals surface area contributed by atoms with E-state index in [1.165, 1.54) is 0 Å². The Hall–Kier alpha value is -4.07. The molecule has 0 saturated heterocycles. The number of ether oxygens (including phenoxy) is 6. The standard InChI is InChI=1S/C25H25NO7/c1-27-18-10-8-15(23(31-5)24(18)32-6)14-7-9-17-20(11-14)33-25(26-17)16-12-21(29-3)22(30-4)13-19(16)28-2/h7-13H,1-6H3. The number of oxazole rings is 1. The average molecular weight is 451 g/mol. The average Bonchev–Trinajstić information content (AvgIpc) is 3.29. The third-order valence-electron chi connectivity index (χ3n) is 5.34. The Bertz CT molecular complexity index is 1290. The van der Waals surface area contributed by atoms with E-state index in [-0.39, 0.29) is 0 Å². The van der Waals surface area contributed by atoms with Gasteiger partial charge in [0.2, 0.25) is 11.6 Å². The molecule has 0 saturated carbocycles. The van der Waals surface area contributed by atoms with Crippen LogP contribution in [0.15, 0.2) is 46.9 Å². The third-order valence-corrected chi connectivity index (χ3v) is 5.34. The van der Waals surface area contributed by atoms with Gasteiger partial charge in [0.15, 0.2) is 28.6 Å². The summed E-state index contributed by atoms with van der Waals surface area (Å²) in [5.74, 6) is 3.73. The topological polar surface area (TPSA) is 81.4 Å². The van der Waals surface area contributed by atoms with Crippen molar-refractivity contribution >= 4 is 11.1 Å². The quantitative estimate of drug-likeness (QED) is 0.361. The highest BCUT2D eigenvalue weighted by Crippen LogP contribution is 2.45. The maximum atomic E-state index is 6.12. The summed E-state index contributed by atoms with van der Waals surface area (Å²) in [5.41, 5.74) is 3.67. The van der Waals surface area contributed by atoms with E-state index in [4.69, 9.17) is 32.8 Å². The monoisotopic (exact) mass is 451 g/mol. The summed E-state index contributed by atoms with van der Waals surface area (Å²) >= 11 is 0. The summed E-state index contributed by atoms with van der Waals surface area (Å²) in [6.07, 6.45) is 0. The molecule has 172 valence electrons. The molecule has 8 nitrogen and oxygen atoms in total. The first-order valence-electron chi connectivity index (χ1n) is 10.1. The molecule has 0 amide bonds. The van der Waals surface area contributed by atoms with Crippen molar-refractivity contribution in [3.05, 3.63) is 42.5 Å². The van der Waals surface area contributed by atoms with Crippen LogP contribution in [0.1, 0.15) is 0 Å². The fourth-order valence-electron chi connectivity index (χ4n) is 3.73. The van der Waals surface area contributed by atoms with Gasteiger partial charge in [-0.15, -0.1) is 0 Å². The molecule has 1 aromatic heterocycles. The van der Waals surface area contributed by atoms with Gasteiger partial charge in [-0.3, -0.25) is 0 Å². The van der Waals surface area contributed by atoms with Gasteiger partial charge in [0.25, 0.3) is 0 Å². The first kappa shape index (κ1) is 22.1. The van der Waals surface area contributed by atoms with Crippen LogP contribution in [-0.4, -0.2) is 47.6 Å². The minimum absolute atomic E-state index is 0.402. The van der Waals surface area contributed by atoms with Crippen LogP contribution >= 0.6 is 0 Å². The van der Waals surface area contributed by atoms with Gasteiger partial charge in [0.1, 0.15) is 11.3 Å². The molecule has 0 aliphatic carbocycles. The molecule has 3 aromatic carbocycles. The van der Waals surface area contributed by atoms with Crippen LogP contribution in [0.4, 0.5) is 0 Å². The number of rotatable bonds is 8. The second-order valence-electron chi connectivity index (χ2n) is 6.99. The SMILES string of the molecule is COc1cc(OC)c(-c2nc3ccc(-c4ccc(OC)c(OC)c4OC)cc3o2)cc1OC. The van der Waals surface area contributed by atoms with Crippen LogP contribution in [0, 0.1) is 0 Å². The summed E-state index contributed by atoms with van der Waals surface area (Å²) in [4.78, 5) is 4.64. The number of methoxy groups -OCH3 is 6. The minimum Gasteiger partial charge on any atom is -0.496 e. The molecule has 4 rings (SSSR count). The van der Waals surface area contributed by atoms with Gasteiger partial charge < -0.3 is 32.8 Å². The Balaban J connectivity index is 1.83. The van der Waals surface area contributed by atoms with Crippen LogP contribution in [0.25, 0.3) is 33.7 Å². The molecule has 8 heteroatoms. The van der Waals surface area contributed by atoms with Crippen LogP contribution in [0.5, 0.6) is 34.5 Å². The first-order valence-corrected chi connectivity index (χ1v) is 10.1. The lowest BCUT2D eigenvalue weighted by atomic mass is 10.0. The fraction of sp³-hybridized carbons (Fsp3) is 0.240. The molecule has 1 heterocycles. The normalized spacial score (nSPS) is 10.7. The number of fused-ring (bicyclic) bond motifs is 1.